The molecular weight excluding hydrogens is 345 g/mol. The third-order valence-corrected chi connectivity index (χ3v) is 6.05. The highest BCUT2D eigenvalue weighted by Gasteiger charge is 2.31. The first-order chi connectivity index (χ1) is 13.2. The molecule has 27 heavy (non-hydrogen) atoms. The lowest BCUT2D eigenvalue weighted by Crippen LogP contribution is -2.42. The van der Waals surface area contributed by atoms with Crippen molar-refractivity contribution in [1.29, 1.82) is 0 Å². The summed E-state index contributed by atoms with van der Waals surface area (Å²) in [7, 11) is 1.69. The minimum absolute atomic E-state index is 0.00358. The third-order valence-electron chi connectivity index (χ3n) is 6.05. The number of hydrogen-bond donors (Lipinski definition) is 0. The molecule has 0 spiro atoms. The van der Waals surface area contributed by atoms with E-state index in [1.807, 2.05) is 10.9 Å². The van der Waals surface area contributed by atoms with Crippen LogP contribution in [0.25, 0.3) is 10.9 Å². The molecule has 2 aromatic rings. The predicted molar refractivity (Wildman–Crippen MR) is 104 cm³/mol. The first kappa shape index (κ1) is 18.8. The zero-order valence-electron chi connectivity index (χ0n) is 16.4. The van der Waals surface area contributed by atoms with Gasteiger partial charge in [-0.2, -0.15) is 5.10 Å². The molecule has 2 saturated heterocycles. The lowest BCUT2D eigenvalue weighted by atomic mass is 9.85. The molecule has 3 atom stereocenters. The number of nitrogens with zero attached hydrogens (tertiary/aromatic N) is 3. The summed E-state index contributed by atoms with van der Waals surface area (Å²) in [4.78, 5) is 2.17. The number of piperidine rings is 1. The summed E-state index contributed by atoms with van der Waals surface area (Å²) in [5.41, 5.74) is 3.35. The molecule has 3 unspecified atom stereocenters. The second kappa shape index (κ2) is 8.25. The lowest BCUT2D eigenvalue weighted by molar-refractivity contribution is -0.0366. The van der Waals surface area contributed by atoms with Crippen LogP contribution >= 0.6 is 0 Å². The summed E-state index contributed by atoms with van der Waals surface area (Å²) >= 11 is 0. The van der Waals surface area contributed by atoms with Crippen molar-refractivity contribution in [2.45, 2.75) is 50.9 Å². The van der Waals surface area contributed by atoms with Crippen LogP contribution in [-0.2, 0) is 9.47 Å². The van der Waals surface area contributed by atoms with Crippen LogP contribution in [0, 0.1) is 6.92 Å². The van der Waals surface area contributed by atoms with Crippen molar-refractivity contribution in [3.8, 4) is 0 Å². The van der Waals surface area contributed by atoms with Crippen molar-refractivity contribution in [3.63, 3.8) is 0 Å². The summed E-state index contributed by atoms with van der Waals surface area (Å²) in [6.45, 7) is 5.73. The summed E-state index contributed by atoms with van der Waals surface area (Å²) < 4.78 is 28.1. The average Bonchev–Trinajstić information content (AvgIpc) is 3.09. The first-order valence-corrected chi connectivity index (χ1v) is 10.1. The number of likely N-dealkylation sites (tertiary alicyclic amines) is 1. The average molecular weight is 375 g/mol. The van der Waals surface area contributed by atoms with E-state index in [4.69, 9.17) is 9.47 Å². The molecule has 1 aromatic carbocycles. The van der Waals surface area contributed by atoms with Gasteiger partial charge in [0.2, 0.25) is 0 Å². The van der Waals surface area contributed by atoms with Crippen LogP contribution in [0.3, 0.4) is 0 Å². The van der Waals surface area contributed by atoms with Crippen molar-refractivity contribution in [3.05, 3.63) is 29.5 Å². The molecule has 0 bridgehead atoms. The first-order valence-electron chi connectivity index (χ1n) is 10.1. The van der Waals surface area contributed by atoms with Gasteiger partial charge in [0.25, 0.3) is 0 Å². The molecule has 0 amide bonds. The normalized spacial score (nSPS) is 27.3. The molecule has 3 heterocycles. The topological polar surface area (TPSA) is 39.5 Å². The summed E-state index contributed by atoms with van der Waals surface area (Å²) in [5, 5.41) is 5.70. The molecule has 0 saturated carbocycles. The van der Waals surface area contributed by atoms with E-state index in [-0.39, 0.29) is 12.1 Å². The summed E-state index contributed by atoms with van der Waals surface area (Å²) in [6.07, 6.45) is 5.17. The molecule has 0 aliphatic carbocycles. The number of fused-ring (bicyclic) bond motifs is 1. The van der Waals surface area contributed by atoms with Crippen molar-refractivity contribution in [1.82, 2.24) is 14.7 Å². The van der Waals surface area contributed by atoms with Crippen molar-refractivity contribution in [2.75, 3.05) is 40.0 Å². The molecule has 2 fully saturated rings. The highest BCUT2D eigenvalue weighted by atomic mass is 19.1. The quantitative estimate of drug-likeness (QED) is 0.797. The van der Waals surface area contributed by atoms with Gasteiger partial charge in [-0.3, -0.25) is 4.90 Å². The van der Waals surface area contributed by atoms with E-state index in [1.54, 1.807) is 7.11 Å². The number of hydrogen-bond acceptors (Lipinski definition) is 4. The Morgan fingerprint density at radius 3 is 2.93 bits per heavy atom. The zero-order valence-corrected chi connectivity index (χ0v) is 16.4. The Labute approximate surface area is 160 Å². The fourth-order valence-corrected chi connectivity index (χ4v) is 4.51. The van der Waals surface area contributed by atoms with E-state index in [0.29, 0.717) is 13.2 Å². The van der Waals surface area contributed by atoms with E-state index in [2.05, 4.69) is 29.1 Å². The van der Waals surface area contributed by atoms with Gasteiger partial charge in [0.15, 0.2) is 6.23 Å². The fourth-order valence-electron chi connectivity index (χ4n) is 4.51. The molecule has 4 rings (SSSR count). The Morgan fingerprint density at radius 2 is 2.19 bits per heavy atom. The van der Waals surface area contributed by atoms with E-state index in [9.17, 15) is 0 Å². The lowest BCUT2D eigenvalue weighted by Gasteiger charge is -2.35. The van der Waals surface area contributed by atoms with Gasteiger partial charge >= 0.3 is 0 Å². The van der Waals surface area contributed by atoms with Gasteiger partial charge in [-0.05, 0) is 62.4 Å². The van der Waals surface area contributed by atoms with Gasteiger partial charge < -0.3 is 9.47 Å². The maximum Gasteiger partial charge on any atom is 0.150 e. The molecule has 2 aliphatic heterocycles. The van der Waals surface area contributed by atoms with Crippen LogP contribution in [0.15, 0.2) is 18.3 Å². The third kappa shape index (κ3) is 3.89. The number of aryl methyl sites for hydroxylation is 1. The van der Waals surface area contributed by atoms with Crippen LogP contribution in [0.1, 0.15) is 49.0 Å². The second-order valence-electron chi connectivity index (χ2n) is 7.88. The summed E-state index contributed by atoms with van der Waals surface area (Å²) in [5.74, 6) is -0.0520. The van der Waals surface area contributed by atoms with Crippen LogP contribution in [0.4, 0.5) is 4.39 Å². The monoisotopic (exact) mass is 375 g/mol. The maximum atomic E-state index is 15.0. The van der Waals surface area contributed by atoms with Gasteiger partial charge in [0.05, 0.1) is 18.3 Å². The van der Waals surface area contributed by atoms with Crippen molar-refractivity contribution < 1.29 is 13.9 Å². The van der Waals surface area contributed by atoms with Crippen LogP contribution in [0.2, 0.25) is 0 Å². The predicted octanol–water partition coefficient (Wildman–Crippen LogP) is 3.82. The number of aromatic nitrogens is 2. The molecule has 1 aromatic heterocycles. The number of benzene rings is 1. The minimum atomic E-state index is -0.853. The largest absolute Gasteiger partial charge is 0.383 e. The Kier molecular flexibility index (Phi) is 5.76. The van der Waals surface area contributed by atoms with E-state index < -0.39 is 6.17 Å². The van der Waals surface area contributed by atoms with E-state index >= 15 is 4.39 Å². The Bertz CT molecular complexity index is 772. The minimum Gasteiger partial charge on any atom is -0.383 e. The highest BCUT2D eigenvalue weighted by Crippen LogP contribution is 2.35. The van der Waals surface area contributed by atoms with Crippen LogP contribution in [-0.4, -0.2) is 60.8 Å². The van der Waals surface area contributed by atoms with Gasteiger partial charge in [-0.25, -0.2) is 9.07 Å². The molecule has 0 N–H and O–H groups in total. The molecule has 0 radical (unpaired) electrons. The van der Waals surface area contributed by atoms with E-state index in [0.717, 1.165) is 67.4 Å². The molecule has 2 aliphatic rings. The fraction of sp³-hybridized carbons (Fsp3) is 0.667. The SMILES string of the molecule is COCCN1CCC(c2cc3c(cnn3C3CCCCO3)cc2C)C(F)C1. The second-order valence-corrected chi connectivity index (χ2v) is 7.88. The van der Waals surface area contributed by atoms with Crippen molar-refractivity contribution in [2.24, 2.45) is 0 Å². The number of methoxy groups -OCH3 is 1. The zero-order chi connectivity index (χ0) is 18.8. The number of halogens is 1. The van der Waals surface area contributed by atoms with E-state index in [1.165, 1.54) is 0 Å². The molecule has 5 nitrogen and oxygen atoms in total. The Morgan fingerprint density at radius 1 is 1.30 bits per heavy atom. The summed E-state index contributed by atoms with van der Waals surface area (Å²) in [6, 6.07) is 4.32. The van der Waals surface area contributed by atoms with Gasteiger partial charge in [-0.1, -0.05) is 0 Å². The highest BCUT2D eigenvalue weighted by molar-refractivity contribution is 5.80. The standard InChI is InChI=1S/C21H30FN3O2/c1-15-11-16-13-23-25(21-5-3-4-9-27-21)20(16)12-18(15)17-6-7-24(8-10-26-2)14-19(17)22/h11-13,17,19,21H,3-10,14H2,1-2H3. The van der Waals surface area contributed by atoms with Crippen LogP contribution in [0.5, 0.6) is 0 Å². The molecular formula is C21H30FN3O2. The Hall–Kier alpha value is -1.50. The van der Waals surface area contributed by atoms with Gasteiger partial charge in [-0.15, -0.1) is 0 Å². The molecule has 148 valence electrons. The number of alkyl halides is 1. The Balaban J connectivity index is 1.59. The number of ether oxygens (including phenoxy) is 2. The van der Waals surface area contributed by atoms with Crippen LogP contribution < -0.4 is 0 Å². The molecule has 6 heteroatoms. The number of rotatable bonds is 5. The maximum absolute atomic E-state index is 15.0. The van der Waals surface area contributed by atoms with Gasteiger partial charge in [0, 0.05) is 38.1 Å². The van der Waals surface area contributed by atoms with Crippen molar-refractivity contribution >= 4 is 10.9 Å². The van der Waals surface area contributed by atoms with Gasteiger partial charge in [0.1, 0.15) is 6.17 Å². The smallest absolute Gasteiger partial charge is 0.150 e.